The van der Waals surface area contributed by atoms with Gasteiger partial charge in [-0.1, -0.05) is 12.1 Å². The molecule has 3 aliphatic rings. The van der Waals surface area contributed by atoms with Gasteiger partial charge in [-0.05, 0) is 31.4 Å². The SMILES string of the molecule is CCN1CCN(C(=O)NC(C(=O)N[C@H]2Cc3cccc(C(=O)O)c3OB2O)C2CCS(=O)(=O)C2)C(=O)C1=O. The highest BCUT2D eigenvalue weighted by Gasteiger charge is 2.44. The van der Waals surface area contributed by atoms with Gasteiger partial charge in [0, 0.05) is 25.6 Å². The maximum absolute atomic E-state index is 13.3. The average molecular weight is 550 g/mol. The Labute approximate surface area is 218 Å². The number of nitrogens with zero attached hydrogens (tertiary/aromatic N) is 2. The van der Waals surface area contributed by atoms with Crippen LogP contribution in [0.15, 0.2) is 18.2 Å². The third-order valence-electron chi connectivity index (χ3n) is 6.91. The van der Waals surface area contributed by atoms with Crippen LogP contribution in [-0.2, 0) is 30.6 Å². The lowest BCUT2D eigenvalue weighted by Crippen LogP contribution is -2.63. The van der Waals surface area contributed by atoms with Crippen molar-refractivity contribution in [3.8, 4) is 5.75 Å². The summed E-state index contributed by atoms with van der Waals surface area (Å²) in [5.41, 5.74) is 0.262. The Morgan fingerprint density at radius 3 is 2.58 bits per heavy atom. The summed E-state index contributed by atoms with van der Waals surface area (Å²) in [5, 5.41) is 24.8. The number of carboxylic acids is 1. The van der Waals surface area contributed by atoms with Crippen molar-refractivity contribution in [1.82, 2.24) is 20.4 Å². The number of benzene rings is 1. The Morgan fingerprint density at radius 1 is 1.21 bits per heavy atom. The highest BCUT2D eigenvalue weighted by molar-refractivity contribution is 7.91. The van der Waals surface area contributed by atoms with Crippen LogP contribution in [0, 0.1) is 5.92 Å². The molecule has 0 aliphatic carbocycles. The lowest BCUT2D eigenvalue weighted by molar-refractivity contribution is -0.153. The molecule has 2 saturated heterocycles. The molecule has 0 radical (unpaired) electrons. The number of fused-ring (bicyclic) bond motifs is 1. The Balaban J connectivity index is 1.52. The van der Waals surface area contributed by atoms with E-state index in [1.165, 1.54) is 17.0 Å². The third-order valence-corrected chi connectivity index (χ3v) is 8.71. The Morgan fingerprint density at radius 2 is 1.95 bits per heavy atom. The van der Waals surface area contributed by atoms with Gasteiger partial charge >= 0.3 is 30.9 Å². The summed E-state index contributed by atoms with van der Waals surface area (Å²) in [5.74, 6) is -6.46. The molecule has 2 fully saturated rings. The number of piperazine rings is 1. The summed E-state index contributed by atoms with van der Waals surface area (Å²) < 4.78 is 29.6. The fourth-order valence-electron chi connectivity index (χ4n) is 4.85. The zero-order chi connectivity index (χ0) is 27.8. The van der Waals surface area contributed by atoms with E-state index in [1.54, 1.807) is 13.0 Å². The molecule has 3 atom stereocenters. The summed E-state index contributed by atoms with van der Waals surface area (Å²) in [6.45, 7) is 1.99. The molecule has 2 unspecified atom stereocenters. The normalized spacial score (nSPS) is 23.4. The highest BCUT2D eigenvalue weighted by Crippen LogP contribution is 2.30. The van der Waals surface area contributed by atoms with E-state index >= 15 is 0 Å². The van der Waals surface area contributed by atoms with Crippen molar-refractivity contribution in [3.63, 3.8) is 0 Å². The van der Waals surface area contributed by atoms with Crippen LogP contribution in [0.4, 0.5) is 4.79 Å². The van der Waals surface area contributed by atoms with Crippen LogP contribution in [0.2, 0.25) is 0 Å². The molecular weight excluding hydrogens is 523 g/mol. The maximum Gasteiger partial charge on any atom is 0.547 e. The molecular formula is C22H27BN4O10S. The van der Waals surface area contributed by atoms with Crippen LogP contribution in [0.3, 0.4) is 0 Å². The molecule has 4 N–H and O–H groups in total. The van der Waals surface area contributed by atoms with Gasteiger partial charge in [0.1, 0.15) is 11.8 Å². The molecule has 1 aromatic rings. The second-order valence-corrected chi connectivity index (χ2v) is 11.6. The Bertz CT molecular complexity index is 1290. The average Bonchev–Trinajstić information content (AvgIpc) is 3.23. The number of aromatic carboxylic acids is 1. The second-order valence-electron chi connectivity index (χ2n) is 9.36. The van der Waals surface area contributed by atoms with Crippen molar-refractivity contribution in [2.45, 2.75) is 31.7 Å². The van der Waals surface area contributed by atoms with Gasteiger partial charge in [-0.3, -0.25) is 19.3 Å². The van der Waals surface area contributed by atoms with Crippen molar-refractivity contribution in [3.05, 3.63) is 29.3 Å². The lowest BCUT2D eigenvalue weighted by Gasteiger charge is -2.34. The summed E-state index contributed by atoms with van der Waals surface area (Å²) in [6.07, 6.45) is 0.0741. The molecule has 0 aromatic heterocycles. The predicted octanol–water partition coefficient (Wildman–Crippen LogP) is -1.97. The van der Waals surface area contributed by atoms with E-state index in [0.717, 1.165) is 0 Å². The number of hydrogen-bond acceptors (Lipinski definition) is 9. The summed E-state index contributed by atoms with van der Waals surface area (Å²) in [7, 11) is -5.09. The number of urea groups is 1. The van der Waals surface area contributed by atoms with Gasteiger partial charge in [0.25, 0.3) is 0 Å². The minimum absolute atomic E-state index is 0.00103. The van der Waals surface area contributed by atoms with E-state index in [1.807, 2.05) is 0 Å². The molecule has 14 nitrogen and oxygen atoms in total. The number of imide groups is 1. The molecule has 0 bridgehead atoms. The first-order chi connectivity index (χ1) is 17.9. The minimum Gasteiger partial charge on any atom is -0.534 e. The largest absolute Gasteiger partial charge is 0.547 e. The molecule has 0 spiro atoms. The first-order valence-corrected chi connectivity index (χ1v) is 13.9. The molecule has 16 heteroatoms. The number of carbonyl (C=O) groups is 5. The van der Waals surface area contributed by atoms with Crippen molar-refractivity contribution < 1.29 is 47.2 Å². The number of nitrogens with one attached hydrogen (secondary N) is 2. The van der Waals surface area contributed by atoms with Crippen LogP contribution < -0.4 is 15.3 Å². The van der Waals surface area contributed by atoms with E-state index in [2.05, 4.69) is 10.6 Å². The van der Waals surface area contributed by atoms with Crippen LogP contribution in [0.1, 0.15) is 29.3 Å². The number of carboxylic acid groups (broad SMARTS) is 1. The zero-order valence-electron chi connectivity index (χ0n) is 20.5. The molecule has 204 valence electrons. The summed E-state index contributed by atoms with van der Waals surface area (Å²) >= 11 is 0. The van der Waals surface area contributed by atoms with Gasteiger partial charge in [0.05, 0.1) is 23.0 Å². The Hall–Kier alpha value is -3.66. The number of hydrogen-bond donors (Lipinski definition) is 4. The number of para-hydroxylation sites is 1. The van der Waals surface area contributed by atoms with E-state index in [-0.39, 0.29) is 55.3 Å². The molecule has 5 amide bonds. The zero-order valence-corrected chi connectivity index (χ0v) is 21.3. The van der Waals surface area contributed by atoms with E-state index in [0.29, 0.717) is 10.5 Å². The fraction of sp³-hybridized carbons (Fsp3) is 0.500. The number of carbonyl (C=O) groups excluding carboxylic acids is 4. The molecule has 1 aromatic carbocycles. The third kappa shape index (κ3) is 5.45. The topological polar surface area (TPSA) is 200 Å². The van der Waals surface area contributed by atoms with E-state index in [4.69, 9.17) is 4.65 Å². The number of sulfone groups is 1. The molecule has 38 heavy (non-hydrogen) atoms. The van der Waals surface area contributed by atoms with Crippen LogP contribution in [0.25, 0.3) is 0 Å². The van der Waals surface area contributed by atoms with E-state index in [9.17, 15) is 42.5 Å². The lowest BCUT2D eigenvalue weighted by atomic mass is 9.72. The first kappa shape index (κ1) is 27.4. The second kappa shape index (κ2) is 10.6. The summed E-state index contributed by atoms with van der Waals surface area (Å²) in [4.78, 5) is 64.4. The number of likely N-dealkylation sites (N-methyl/N-ethyl adjacent to an activating group) is 1. The summed E-state index contributed by atoms with van der Waals surface area (Å²) in [6, 6.07) is 1.97. The van der Waals surface area contributed by atoms with E-state index < -0.39 is 64.6 Å². The molecule has 4 rings (SSSR count). The van der Waals surface area contributed by atoms with Crippen LogP contribution >= 0.6 is 0 Å². The quantitative estimate of drug-likeness (QED) is 0.228. The van der Waals surface area contributed by atoms with Gasteiger partial charge in [-0.2, -0.15) is 0 Å². The predicted molar refractivity (Wildman–Crippen MR) is 131 cm³/mol. The van der Waals surface area contributed by atoms with Gasteiger partial charge in [0.15, 0.2) is 9.84 Å². The van der Waals surface area contributed by atoms with Gasteiger partial charge in [-0.25, -0.2) is 18.0 Å². The van der Waals surface area contributed by atoms with Gasteiger partial charge in [0.2, 0.25) is 5.91 Å². The standard InChI is InChI=1S/C22H27BN4O10S/c1-2-26-7-8-27(20(30)19(26)29)22(33)25-16(13-6-9-38(35,36)11-13)18(28)24-15-10-12-4-3-5-14(21(31)32)17(12)37-23(15)34/h3-5,13,15-16,34H,2,6-11H2,1H3,(H,24,28)(H,25,33)(H,31,32)/t13?,15-,16?/m0/s1. The van der Waals surface area contributed by atoms with Crippen molar-refractivity contribution >= 4 is 46.7 Å². The maximum atomic E-state index is 13.3. The number of amides is 5. The van der Waals surface area contributed by atoms with Crippen molar-refractivity contribution in [2.24, 2.45) is 5.92 Å². The van der Waals surface area contributed by atoms with Gasteiger partial charge in [-0.15, -0.1) is 0 Å². The smallest absolute Gasteiger partial charge is 0.534 e. The monoisotopic (exact) mass is 550 g/mol. The van der Waals surface area contributed by atoms with Gasteiger partial charge < -0.3 is 30.3 Å². The van der Waals surface area contributed by atoms with Crippen molar-refractivity contribution in [1.29, 1.82) is 0 Å². The van der Waals surface area contributed by atoms with Crippen molar-refractivity contribution in [2.75, 3.05) is 31.1 Å². The number of rotatable bonds is 6. The molecule has 3 aliphatic heterocycles. The Kier molecular flexibility index (Phi) is 7.64. The van der Waals surface area contributed by atoms with Crippen LogP contribution in [-0.4, -0.2) is 108 Å². The molecule has 0 saturated carbocycles. The fourth-order valence-corrected chi connectivity index (χ4v) is 6.69. The van der Waals surface area contributed by atoms with Crippen LogP contribution in [0.5, 0.6) is 5.75 Å². The first-order valence-electron chi connectivity index (χ1n) is 12.0. The molecule has 3 heterocycles. The minimum atomic E-state index is -3.46. The highest BCUT2D eigenvalue weighted by atomic mass is 32.2.